The van der Waals surface area contributed by atoms with E-state index in [9.17, 15) is 19.8 Å². The van der Waals surface area contributed by atoms with Gasteiger partial charge in [0.25, 0.3) is 0 Å². The molecule has 0 aliphatic heterocycles. The third-order valence-electron chi connectivity index (χ3n) is 2.87. The lowest BCUT2D eigenvalue weighted by Gasteiger charge is -2.15. The second kappa shape index (κ2) is 8.11. The number of ether oxygens (including phenoxy) is 1. The van der Waals surface area contributed by atoms with Gasteiger partial charge in [0.05, 0.1) is 0 Å². The summed E-state index contributed by atoms with van der Waals surface area (Å²) in [6.45, 7) is 0.428. The maximum Gasteiger partial charge on any atom is 0.326 e. The molecule has 7 nitrogen and oxygen atoms in total. The first-order valence-electron chi connectivity index (χ1n) is 6.46. The average Bonchev–Trinajstić information content (AvgIpc) is 2.42. The van der Waals surface area contributed by atoms with E-state index in [1.807, 2.05) is 0 Å². The van der Waals surface area contributed by atoms with Crippen LogP contribution in [0.1, 0.15) is 18.4 Å². The highest BCUT2D eigenvalue weighted by Crippen LogP contribution is 2.25. The molecular formula is C14H19NO6. The number of aromatic hydroxyl groups is 2. The average molecular weight is 297 g/mol. The van der Waals surface area contributed by atoms with Crippen LogP contribution in [-0.2, 0) is 20.7 Å². The molecule has 7 heteroatoms. The molecule has 4 N–H and O–H groups in total. The summed E-state index contributed by atoms with van der Waals surface area (Å²) in [6.07, 6.45) is 0.701. The molecule has 1 rings (SSSR count). The van der Waals surface area contributed by atoms with Crippen molar-refractivity contribution in [3.63, 3.8) is 0 Å². The lowest BCUT2D eigenvalue weighted by molar-refractivity contribution is -0.141. The van der Waals surface area contributed by atoms with Gasteiger partial charge in [0.15, 0.2) is 11.5 Å². The fourth-order valence-electron chi connectivity index (χ4n) is 1.78. The highest BCUT2D eigenvalue weighted by atomic mass is 16.5. The van der Waals surface area contributed by atoms with E-state index in [2.05, 4.69) is 5.32 Å². The summed E-state index contributed by atoms with van der Waals surface area (Å²) in [5.41, 5.74) is 0.495. The Hall–Kier alpha value is -2.28. The van der Waals surface area contributed by atoms with Crippen LogP contribution in [-0.4, -0.2) is 47.0 Å². The fourth-order valence-corrected chi connectivity index (χ4v) is 1.78. The standard InChI is InChI=1S/C14H19NO6/c1-21-6-2-3-13(18)15-10(14(19)20)7-9-4-5-11(16)12(17)8-9/h4-5,8,10,16-17H,2-3,6-7H2,1H3,(H,15,18)(H,19,20). The third kappa shape index (κ3) is 5.70. The topological polar surface area (TPSA) is 116 Å². The Morgan fingerprint density at radius 1 is 1.29 bits per heavy atom. The van der Waals surface area contributed by atoms with Crippen LogP contribution in [0.5, 0.6) is 11.5 Å². The fraction of sp³-hybridized carbons (Fsp3) is 0.429. The zero-order valence-electron chi connectivity index (χ0n) is 11.7. The van der Waals surface area contributed by atoms with Crippen molar-refractivity contribution in [2.24, 2.45) is 0 Å². The van der Waals surface area contributed by atoms with Crippen LogP contribution in [0, 0.1) is 0 Å². The van der Waals surface area contributed by atoms with Gasteiger partial charge in [-0.25, -0.2) is 4.79 Å². The summed E-state index contributed by atoms with van der Waals surface area (Å²) < 4.78 is 4.82. The number of carbonyl (C=O) groups is 2. The number of hydrogen-bond acceptors (Lipinski definition) is 5. The number of carboxylic acids is 1. The normalized spacial score (nSPS) is 11.9. The summed E-state index contributed by atoms with van der Waals surface area (Å²) >= 11 is 0. The van der Waals surface area contributed by atoms with Crippen LogP contribution in [0.2, 0.25) is 0 Å². The second-order valence-corrected chi connectivity index (χ2v) is 4.58. The molecule has 1 amide bonds. The van der Waals surface area contributed by atoms with Crippen molar-refractivity contribution in [3.05, 3.63) is 23.8 Å². The van der Waals surface area contributed by atoms with E-state index in [-0.39, 0.29) is 30.2 Å². The van der Waals surface area contributed by atoms with Crippen LogP contribution in [0.25, 0.3) is 0 Å². The molecule has 0 fully saturated rings. The van der Waals surface area contributed by atoms with Gasteiger partial charge < -0.3 is 25.4 Å². The van der Waals surface area contributed by atoms with Crippen LogP contribution in [0.15, 0.2) is 18.2 Å². The molecule has 0 aliphatic rings. The molecule has 0 saturated heterocycles. The maximum atomic E-state index is 11.6. The first-order chi connectivity index (χ1) is 9.93. The van der Waals surface area contributed by atoms with E-state index in [0.717, 1.165) is 0 Å². The maximum absolute atomic E-state index is 11.6. The summed E-state index contributed by atoms with van der Waals surface area (Å²) in [5.74, 6) is -2.15. The summed E-state index contributed by atoms with van der Waals surface area (Å²) in [7, 11) is 1.52. The molecule has 0 aliphatic carbocycles. The van der Waals surface area contributed by atoms with E-state index >= 15 is 0 Å². The molecule has 0 aromatic heterocycles. The van der Waals surface area contributed by atoms with Crippen LogP contribution < -0.4 is 5.32 Å². The van der Waals surface area contributed by atoms with Gasteiger partial charge in [0, 0.05) is 26.6 Å². The molecular weight excluding hydrogens is 278 g/mol. The van der Waals surface area contributed by atoms with Gasteiger partial charge in [-0.15, -0.1) is 0 Å². The number of methoxy groups -OCH3 is 1. The van der Waals surface area contributed by atoms with Crippen molar-refractivity contribution >= 4 is 11.9 Å². The first kappa shape index (κ1) is 16.8. The molecule has 1 aromatic carbocycles. The highest BCUT2D eigenvalue weighted by molar-refractivity contribution is 5.83. The number of benzene rings is 1. The molecule has 0 radical (unpaired) electrons. The third-order valence-corrected chi connectivity index (χ3v) is 2.87. The largest absolute Gasteiger partial charge is 0.504 e. The number of aliphatic carboxylic acids is 1. The Bertz CT molecular complexity index is 502. The van der Waals surface area contributed by atoms with Gasteiger partial charge in [-0.3, -0.25) is 4.79 Å². The zero-order chi connectivity index (χ0) is 15.8. The molecule has 1 unspecified atom stereocenters. The molecule has 116 valence electrons. The van der Waals surface area contributed by atoms with Gasteiger partial charge in [-0.2, -0.15) is 0 Å². The zero-order valence-corrected chi connectivity index (χ0v) is 11.7. The molecule has 21 heavy (non-hydrogen) atoms. The lowest BCUT2D eigenvalue weighted by Crippen LogP contribution is -2.42. The minimum atomic E-state index is -1.16. The number of nitrogens with one attached hydrogen (secondary N) is 1. The molecule has 1 aromatic rings. The Morgan fingerprint density at radius 3 is 2.57 bits per heavy atom. The monoisotopic (exact) mass is 297 g/mol. The van der Waals surface area contributed by atoms with Crippen molar-refractivity contribution in [1.82, 2.24) is 5.32 Å². The van der Waals surface area contributed by atoms with E-state index in [1.54, 1.807) is 0 Å². The summed E-state index contributed by atoms with van der Waals surface area (Å²) in [5, 5.41) is 30.1. The van der Waals surface area contributed by atoms with E-state index in [0.29, 0.717) is 18.6 Å². The minimum Gasteiger partial charge on any atom is -0.504 e. The van der Waals surface area contributed by atoms with Crippen LogP contribution in [0.4, 0.5) is 0 Å². The van der Waals surface area contributed by atoms with Crippen molar-refractivity contribution in [2.75, 3.05) is 13.7 Å². The minimum absolute atomic E-state index is 0.0131. The van der Waals surface area contributed by atoms with Crippen molar-refractivity contribution in [2.45, 2.75) is 25.3 Å². The highest BCUT2D eigenvalue weighted by Gasteiger charge is 2.20. The predicted molar refractivity (Wildman–Crippen MR) is 74.2 cm³/mol. The van der Waals surface area contributed by atoms with Gasteiger partial charge in [0.1, 0.15) is 6.04 Å². The van der Waals surface area contributed by atoms with Crippen LogP contribution in [0.3, 0.4) is 0 Å². The number of phenolic OH excluding ortho intramolecular Hbond substituents is 2. The number of rotatable bonds is 8. The van der Waals surface area contributed by atoms with Gasteiger partial charge in [-0.1, -0.05) is 6.07 Å². The van der Waals surface area contributed by atoms with Gasteiger partial charge in [-0.05, 0) is 24.1 Å². The van der Waals surface area contributed by atoms with Crippen molar-refractivity contribution in [3.8, 4) is 11.5 Å². The van der Waals surface area contributed by atoms with E-state index in [1.165, 1.54) is 25.3 Å². The molecule has 0 bridgehead atoms. The molecule has 0 saturated carbocycles. The molecule has 0 spiro atoms. The summed E-state index contributed by atoms with van der Waals surface area (Å²) in [6, 6.07) is 2.93. The lowest BCUT2D eigenvalue weighted by atomic mass is 10.0. The van der Waals surface area contributed by atoms with Crippen LogP contribution >= 0.6 is 0 Å². The van der Waals surface area contributed by atoms with E-state index in [4.69, 9.17) is 9.84 Å². The number of carboxylic acid groups (broad SMARTS) is 1. The molecule has 1 atom stereocenters. The van der Waals surface area contributed by atoms with Crippen molar-refractivity contribution < 1.29 is 29.6 Å². The first-order valence-corrected chi connectivity index (χ1v) is 6.46. The quantitative estimate of drug-likeness (QED) is 0.413. The predicted octanol–water partition coefficient (Wildman–Crippen LogP) is 0.636. The van der Waals surface area contributed by atoms with Crippen molar-refractivity contribution in [1.29, 1.82) is 0 Å². The Balaban J connectivity index is 2.63. The number of phenols is 2. The Labute approximate surface area is 122 Å². The summed E-state index contributed by atoms with van der Waals surface area (Å²) in [4.78, 5) is 22.8. The van der Waals surface area contributed by atoms with E-state index < -0.39 is 12.0 Å². The Morgan fingerprint density at radius 2 is 2.00 bits per heavy atom. The number of amides is 1. The SMILES string of the molecule is COCCCC(=O)NC(Cc1ccc(O)c(O)c1)C(=O)O. The van der Waals surface area contributed by atoms with Gasteiger partial charge >= 0.3 is 5.97 Å². The smallest absolute Gasteiger partial charge is 0.326 e. The Kier molecular flexibility index (Phi) is 6.48. The number of carbonyl (C=O) groups excluding carboxylic acids is 1. The molecule has 0 heterocycles. The number of hydrogen-bond donors (Lipinski definition) is 4. The second-order valence-electron chi connectivity index (χ2n) is 4.58. The van der Waals surface area contributed by atoms with Gasteiger partial charge in [0.2, 0.25) is 5.91 Å².